The molecule has 6 rings (SSSR count). The van der Waals surface area contributed by atoms with Crippen LogP contribution in [0.5, 0.6) is 0 Å². The number of halogens is 2. The summed E-state index contributed by atoms with van der Waals surface area (Å²) in [5.74, 6) is -0.864. The van der Waals surface area contributed by atoms with Crippen LogP contribution in [0.15, 0.2) is 103 Å². The molecule has 1 fully saturated rings. The zero-order valence-corrected chi connectivity index (χ0v) is 25.7. The molecule has 12 heteroatoms. The Bertz CT molecular complexity index is 2060. The van der Waals surface area contributed by atoms with Gasteiger partial charge in [-0.05, 0) is 70.8 Å². The largest absolute Gasteiger partial charge is 0.478 e. The summed E-state index contributed by atoms with van der Waals surface area (Å²) in [7, 11) is -3.92. The summed E-state index contributed by atoms with van der Waals surface area (Å²) in [6, 6.07) is 27.7. The number of carboxylic acids is 1. The predicted molar refractivity (Wildman–Crippen MR) is 175 cm³/mol. The summed E-state index contributed by atoms with van der Waals surface area (Å²) in [5.41, 5.74) is 6.25. The van der Waals surface area contributed by atoms with Gasteiger partial charge in [0.25, 0.3) is 5.91 Å². The van der Waals surface area contributed by atoms with Crippen LogP contribution in [0.2, 0.25) is 10.0 Å². The first-order valence-electron chi connectivity index (χ1n) is 13.6. The molecule has 2 heterocycles. The SMILES string of the molecule is O=C(O)C=Cc1ccc(-c2ccc(Cc3nc(-c4ccc(Cl)cc4Cl)cn3-c3ccc(N4CC(=O)NS4(=O)=O)cc3)cc2)cc1. The van der Waals surface area contributed by atoms with E-state index in [1.807, 2.05) is 70.1 Å². The van der Waals surface area contributed by atoms with Gasteiger partial charge in [-0.2, -0.15) is 8.42 Å². The van der Waals surface area contributed by atoms with Gasteiger partial charge in [0.2, 0.25) is 0 Å². The van der Waals surface area contributed by atoms with Crippen LogP contribution in [0.4, 0.5) is 5.69 Å². The Hall–Kier alpha value is -4.90. The average Bonchev–Trinajstić information content (AvgIpc) is 3.55. The lowest BCUT2D eigenvalue weighted by atomic mass is 10.0. The number of aliphatic carboxylic acids is 1. The highest BCUT2D eigenvalue weighted by Gasteiger charge is 2.33. The molecule has 0 saturated carbocycles. The first kappa shape index (κ1) is 30.1. The molecule has 9 nitrogen and oxygen atoms in total. The molecule has 0 spiro atoms. The predicted octanol–water partition coefficient (Wildman–Crippen LogP) is 6.38. The summed E-state index contributed by atoms with van der Waals surface area (Å²) in [5, 5.41) is 9.81. The Balaban J connectivity index is 1.30. The smallest absolute Gasteiger partial charge is 0.328 e. The maximum absolute atomic E-state index is 12.3. The summed E-state index contributed by atoms with van der Waals surface area (Å²) >= 11 is 12.6. The topological polar surface area (TPSA) is 122 Å². The van der Waals surface area contributed by atoms with Crippen LogP contribution < -0.4 is 9.03 Å². The number of carbonyl (C=O) groups excluding carboxylic acids is 1. The van der Waals surface area contributed by atoms with Gasteiger partial charge in [-0.25, -0.2) is 18.8 Å². The Labute approximate surface area is 269 Å². The minimum absolute atomic E-state index is 0.279. The highest BCUT2D eigenvalue weighted by atomic mass is 35.5. The van der Waals surface area contributed by atoms with Crippen LogP contribution in [0.25, 0.3) is 34.1 Å². The number of carboxylic acid groups (broad SMARTS) is 1. The zero-order valence-electron chi connectivity index (χ0n) is 23.4. The molecule has 4 aromatic carbocycles. The number of carbonyl (C=O) groups is 2. The second-order valence-electron chi connectivity index (χ2n) is 10.3. The number of nitrogens with one attached hydrogen (secondary N) is 1. The molecule has 1 amide bonds. The Kier molecular flexibility index (Phi) is 8.20. The Morgan fingerprint density at radius 3 is 2.16 bits per heavy atom. The van der Waals surface area contributed by atoms with E-state index in [4.69, 9.17) is 33.3 Å². The van der Waals surface area contributed by atoms with Crippen molar-refractivity contribution in [3.05, 3.63) is 130 Å². The van der Waals surface area contributed by atoms with Gasteiger partial charge in [0.1, 0.15) is 12.4 Å². The average molecular weight is 660 g/mol. The molecule has 0 aliphatic carbocycles. The molecule has 2 N–H and O–H groups in total. The maximum atomic E-state index is 12.3. The first-order valence-corrected chi connectivity index (χ1v) is 15.8. The minimum atomic E-state index is -3.92. The monoisotopic (exact) mass is 658 g/mol. The number of nitrogens with zero attached hydrogens (tertiary/aromatic N) is 3. The molecule has 0 bridgehead atoms. The van der Waals surface area contributed by atoms with Crippen molar-refractivity contribution in [1.82, 2.24) is 14.3 Å². The number of amides is 1. The molecule has 1 aromatic heterocycles. The van der Waals surface area contributed by atoms with Gasteiger partial charge in [-0.3, -0.25) is 4.79 Å². The van der Waals surface area contributed by atoms with Gasteiger partial charge in [0.15, 0.2) is 0 Å². The quantitative estimate of drug-likeness (QED) is 0.187. The standard InChI is InChI=1S/C33H24Cl2N4O5S/c34-25-10-15-28(29(35)18-25)30-19-38(26-11-13-27(14-12-26)39-20-32(40)37-45(39,43)44)31(36-30)17-22-3-8-24(9-4-22)23-6-1-21(2-7-23)5-16-33(41)42/h1-16,18-19H,17,20H2,(H,37,40)(H,41,42). The number of hydrogen-bond donors (Lipinski definition) is 2. The van der Waals surface area contributed by atoms with E-state index >= 15 is 0 Å². The van der Waals surface area contributed by atoms with Gasteiger partial charge in [0, 0.05) is 35.0 Å². The molecular formula is C33H24Cl2N4O5S. The van der Waals surface area contributed by atoms with E-state index in [2.05, 4.69) is 0 Å². The van der Waals surface area contributed by atoms with Gasteiger partial charge >= 0.3 is 16.2 Å². The van der Waals surface area contributed by atoms with E-state index in [1.54, 1.807) is 42.5 Å². The molecule has 5 aromatic rings. The third kappa shape index (κ3) is 6.63. The number of rotatable bonds is 8. The highest BCUT2D eigenvalue weighted by molar-refractivity contribution is 7.92. The number of anilines is 1. The third-order valence-electron chi connectivity index (χ3n) is 7.20. The Morgan fingerprint density at radius 2 is 1.56 bits per heavy atom. The van der Waals surface area contributed by atoms with Gasteiger partial charge in [-0.15, -0.1) is 0 Å². The van der Waals surface area contributed by atoms with Gasteiger partial charge in [-0.1, -0.05) is 71.7 Å². The Morgan fingerprint density at radius 1 is 0.911 bits per heavy atom. The highest BCUT2D eigenvalue weighted by Crippen LogP contribution is 2.32. The molecule has 1 aliphatic heterocycles. The molecule has 1 saturated heterocycles. The van der Waals surface area contributed by atoms with Gasteiger partial charge < -0.3 is 9.67 Å². The van der Waals surface area contributed by atoms with Crippen molar-refractivity contribution in [1.29, 1.82) is 0 Å². The van der Waals surface area contributed by atoms with Crippen molar-refractivity contribution in [3.63, 3.8) is 0 Å². The number of aromatic nitrogens is 2. The number of hydrogen-bond acceptors (Lipinski definition) is 5. The van der Waals surface area contributed by atoms with E-state index in [0.29, 0.717) is 33.4 Å². The van der Waals surface area contributed by atoms with E-state index < -0.39 is 22.1 Å². The summed E-state index contributed by atoms with van der Waals surface area (Å²) in [4.78, 5) is 27.4. The molecule has 45 heavy (non-hydrogen) atoms. The van der Waals surface area contributed by atoms with E-state index in [0.717, 1.165) is 44.1 Å². The van der Waals surface area contributed by atoms with Crippen molar-refractivity contribution in [2.75, 3.05) is 10.8 Å². The molecule has 0 atom stereocenters. The van der Waals surface area contributed by atoms with Crippen molar-refractivity contribution in [2.45, 2.75) is 6.42 Å². The van der Waals surface area contributed by atoms with Crippen LogP contribution in [-0.4, -0.2) is 41.5 Å². The second kappa shape index (κ2) is 12.2. The lowest BCUT2D eigenvalue weighted by Crippen LogP contribution is -2.29. The fourth-order valence-electron chi connectivity index (χ4n) is 5.00. The van der Waals surface area contributed by atoms with Crippen LogP contribution in [0.1, 0.15) is 17.0 Å². The van der Waals surface area contributed by atoms with Crippen molar-refractivity contribution in [3.8, 4) is 28.1 Å². The maximum Gasteiger partial charge on any atom is 0.328 e. The van der Waals surface area contributed by atoms with E-state index in [1.165, 1.54) is 0 Å². The molecular weight excluding hydrogens is 635 g/mol. The molecule has 0 unspecified atom stereocenters. The number of imidazole rings is 1. The van der Waals surface area contributed by atoms with E-state index in [-0.39, 0.29) is 6.54 Å². The summed E-state index contributed by atoms with van der Waals surface area (Å²) in [6.07, 6.45) is 4.99. The van der Waals surface area contributed by atoms with Crippen LogP contribution in [0, 0.1) is 0 Å². The minimum Gasteiger partial charge on any atom is -0.478 e. The fraction of sp³-hybridized carbons (Fsp3) is 0.0606. The van der Waals surface area contributed by atoms with Crippen molar-refractivity contribution in [2.24, 2.45) is 0 Å². The second-order valence-corrected chi connectivity index (χ2v) is 12.7. The molecule has 226 valence electrons. The fourth-order valence-corrected chi connectivity index (χ4v) is 6.66. The lowest BCUT2D eigenvalue weighted by molar-refractivity contribution is -0.131. The van der Waals surface area contributed by atoms with Crippen molar-refractivity contribution >= 4 is 57.1 Å². The summed E-state index contributed by atoms with van der Waals surface area (Å²) in [6.45, 7) is -0.279. The lowest BCUT2D eigenvalue weighted by Gasteiger charge is -2.15. The first-order chi connectivity index (χ1) is 21.6. The number of benzene rings is 4. The van der Waals surface area contributed by atoms with Crippen LogP contribution in [-0.2, 0) is 26.2 Å². The van der Waals surface area contributed by atoms with E-state index in [9.17, 15) is 18.0 Å². The third-order valence-corrected chi connectivity index (χ3v) is 9.15. The molecule has 1 aliphatic rings. The normalized spacial score (nSPS) is 14.2. The van der Waals surface area contributed by atoms with Crippen molar-refractivity contribution < 1.29 is 23.1 Å². The zero-order chi connectivity index (χ0) is 31.7. The summed E-state index contributed by atoms with van der Waals surface area (Å²) < 4.78 is 29.6. The van der Waals surface area contributed by atoms with Crippen LogP contribution >= 0.6 is 23.2 Å². The van der Waals surface area contributed by atoms with Crippen LogP contribution in [0.3, 0.4) is 0 Å². The van der Waals surface area contributed by atoms with Gasteiger partial charge in [0.05, 0.1) is 16.4 Å². The molecule has 0 radical (unpaired) electrons.